The molecule has 0 heterocycles. The summed E-state index contributed by atoms with van der Waals surface area (Å²) in [5.41, 5.74) is 1.28. The van der Waals surface area contributed by atoms with Gasteiger partial charge in [-0.2, -0.15) is 0 Å². The molecule has 132 valence electrons. The fourth-order valence-corrected chi connectivity index (χ4v) is 2.84. The van der Waals surface area contributed by atoms with Gasteiger partial charge in [0.2, 0.25) is 11.8 Å². The molecule has 0 aliphatic rings. The third-order valence-corrected chi connectivity index (χ3v) is 3.91. The van der Waals surface area contributed by atoms with E-state index in [9.17, 15) is 14.0 Å². The molecule has 4 nitrogen and oxygen atoms in total. The van der Waals surface area contributed by atoms with Crippen LogP contribution in [0, 0.1) is 5.82 Å². The van der Waals surface area contributed by atoms with E-state index in [4.69, 9.17) is 23.2 Å². The first-order valence-corrected chi connectivity index (χ1v) is 8.36. The van der Waals surface area contributed by atoms with Gasteiger partial charge in [-0.3, -0.25) is 9.59 Å². The van der Waals surface area contributed by atoms with E-state index in [1.54, 1.807) is 30.3 Å². The number of anilines is 1. The minimum atomic E-state index is -0.346. The third kappa shape index (κ3) is 6.03. The monoisotopic (exact) mass is 382 g/mol. The molecule has 2 rings (SSSR count). The fraction of sp³-hybridized carbons (Fsp3) is 0.222. The summed E-state index contributed by atoms with van der Waals surface area (Å²) in [6.07, 6.45) is 0.142. The lowest BCUT2D eigenvalue weighted by atomic mass is 10.1. The topological polar surface area (TPSA) is 49.4 Å². The van der Waals surface area contributed by atoms with E-state index < -0.39 is 0 Å². The number of benzene rings is 2. The first kappa shape index (κ1) is 19.2. The van der Waals surface area contributed by atoms with Crippen molar-refractivity contribution < 1.29 is 14.0 Å². The van der Waals surface area contributed by atoms with Gasteiger partial charge in [0, 0.05) is 35.7 Å². The average molecular weight is 383 g/mol. The molecule has 0 aliphatic carbocycles. The lowest BCUT2D eigenvalue weighted by Gasteiger charge is -2.22. The molecule has 0 aromatic heterocycles. The molecule has 1 N–H and O–H groups in total. The van der Waals surface area contributed by atoms with Gasteiger partial charge in [0.05, 0.1) is 6.42 Å². The third-order valence-electron chi connectivity index (χ3n) is 3.47. The van der Waals surface area contributed by atoms with Crippen LogP contribution >= 0.6 is 23.2 Å². The van der Waals surface area contributed by atoms with Gasteiger partial charge in [-0.05, 0) is 35.9 Å². The quantitative estimate of drug-likeness (QED) is 0.824. The number of amides is 2. The van der Waals surface area contributed by atoms with Crippen molar-refractivity contribution in [3.05, 3.63) is 63.9 Å². The van der Waals surface area contributed by atoms with E-state index in [-0.39, 0.29) is 37.1 Å². The molecule has 0 saturated heterocycles. The zero-order valence-corrected chi connectivity index (χ0v) is 15.1. The molecule has 2 aromatic rings. The van der Waals surface area contributed by atoms with Crippen molar-refractivity contribution in [1.29, 1.82) is 0 Å². The number of rotatable bonds is 6. The van der Waals surface area contributed by atoms with Crippen LogP contribution in [-0.2, 0) is 16.0 Å². The first-order valence-electron chi connectivity index (χ1n) is 7.60. The number of nitrogens with zero attached hydrogens (tertiary/aromatic N) is 1. The van der Waals surface area contributed by atoms with Crippen LogP contribution in [0.1, 0.15) is 12.5 Å². The van der Waals surface area contributed by atoms with Crippen LogP contribution in [0.15, 0.2) is 42.5 Å². The molecule has 0 spiro atoms. The highest BCUT2D eigenvalue weighted by Gasteiger charge is 2.13. The smallest absolute Gasteiger partial charge is 0.224 e. The molecule has 0 unspecified atom stereocenters. The number of hydrogen-bond donors (Lipinski definition) is 1. The first-order chi connectivity index (χ1) is 11.8. The maximum absolute atomic E-state index is 12.9. The van der Waals surface area contributed by atoms with Gasteiger partial charge in [0.1, 0.15) is 5.82 Å². The standard InChI is InChI=1S/C18H17Cl2FN2O2/c1-12(24)23(17-10-14(19)9-15(20)11-17)7-6-22-18(25)8-13-2-4-16(21)5-3-13/h2-5,9-11H,6-8H2,1H3,(H,22,25). The van der Waals surface area contributed by atoms with Gasteiger partial charge in [-0.25, -0.2) is 4.39 Å². The van der Waals surface area contributed by atoms with Gasteiger partial charge >= 0.3 is 0 Å². The highest BCUT2D eigenvalue weighted by atomic mass is 35.5. The van der Waals surface area contributed by atoms with E-state index in [1.807, 2.05) is 0 Å². The second-order valence-electron chi connectivity index (χ2n) is 5.45. The average Bonchev–Trinajstić information content (AvgIpc) is 2.52. The van der Waals surface area contributed by atoms with Crippen molar-refractivity contribution in [2.24, 2.45) is 0 Å². The second kappa shape index (κ2) is 8.83. The Balaban J connectivity index is 1.92. The Kier molecular flexibility index (Phi) is 6.79. The summed E-state index contributed by atoms with van der Waals surface area (Å²) in [4.78, 5) is 25.3. The van der Waals surface area contributed by atoms with E-state index >= 15 is 0 Å². The Morgan fingerprint density at radius 1 is 1.08 bits per heavy atom. The number of halogens is 3. The molecule has 2 amide bonds. The van der Waals surface area contributed by atoms with Gasteiger partial charge in [-0.1, -0.05) is 35.3 Å². The van der Waals surface area contributed by atoms with Crippen LogP contribution in [0.2, 0.25) is 10.0 Å². The predicted octanol–water partition coefficient (Wildman–Crippen LogP) is 3.84. The fourth-order valence-electron chi connectivity index (χ4n) is 2.32. The predicted molar refractivity (Wildman–Crippen MR) is 97.6 cm³/mol. The minimum absolute atomic E-state index is 0.142. The Morgan fingerprint density at radius 3 is 2.24 bits per heavy atom. The minimum Gasteiger partial charge on any atom is -0.354 e. The van der Waals surface area contributed by atoms with Crippen LogP contribution in [0.5, 0.6) is 0 Å². The van der Waals surface area contributed by atoms with Crippen LogP contribution in [-0.4, -0.2) is 24.9 Å². The Morgan fingerprint density at radius 2 is 1.68 bits per heavy atom. The lowest BCUT2D eigenvalue weighted by Crippen LogP contribution is -2.38. The zero-order valence-electron chi connectivity index (χ0n) is 13.6. The Hall–Kier alpha value is -2.11. The molecular weight excluding hydrogens is 366 g/mol. The van der Waals surface area contributed by atoms with Crippen LogP contribution in [0.4, 0.5) is 10.1 Å². The second-order valence-corrected chi connectivity index (χ2v) is 6.32. The number of carbonyl (C=O) groups excluding carboxylic acids is 2. The molecule has 7 heteroatoms. The van der Waals surface area contributed by atoms with Crippen LogP contribution in [0.25, 0.3) is 0 Å². The van der Waals surface area contributed by atoms with Gasteiger partial charge in [0.25, 0.3) is 0 Å². The van der Waals surface area contributed by atoms with E-state index in [1.165, 1.54) is 24.0 Å². The van der Waals surface area contributed by atoms with Crippen molar-refractivity contribution in [2.45, 2.75) is 13.3 Å². The Bertz CT molecular complexity index is 746. The lowest BCUT2D eigenvalue weighted by molar-refractivity contribution is -0.121. The molecule has 2 aromatic carbocycles. The van der Waals surface area contributed by atoms with Crippen molar-refractivity contribution in [3.63, 3.8) is 0 Å². The molecule has 0 fully saturated rings. The summed E-state index contributed by atoms with van der Waals surface area (Å²) >= 11 is 11.9. The summed E-state index contributed by atoms with van der Waals surface area (Å²) in [6.45, 7) is 1.97. The van der Waals surface area contributed by atoms with E-state index in [0.29, 0.717) is 21.3 Å². The number of carbonyl (C=O) groups is 2. The van der Waals surface area contributed by atoms with Crippen molar-refractivity contribution >= 4 is 40.7 Å². The van der Waals surface area contributed by atoms with E-state index in [0.717, 1.165) is 0 Å². The molecule has 0 atom stereocenters. The summed E-state index contributed by atoms with van der Waals surface area (Å²) in [7, 11) is 0. The van der Waals surface area contributed by atoms with E-state index in [2.05, 4.69) is 5.32 Å². The van der Waals surface area contributed by atoms with Gasteiger partial charge in [-0.15, -0.1) is 0 Å². The molecular formula is C18H17Cl2FN2O2. The van der Waals surface area contributed by atoms with Crippen molar-refractivity contribution in [2.75, 3.05) is 18.0 Å². The summed E-state index contributed by atoms with van der Waals surface area (Å²) in [6, 6.07) is 10.6. The van der Waals surface area contributed by atoms with Crippen molar-refractivity contribution in [3.8, 4) is 0 Å². The van der Waals surface area contributed by atoms with Crippen molar-refractivity contribution in [1.82, 2.24) is 5.32 Å². The van der Waals surface area contributed by atoms with Crippen LogP contribution in [0.3, 0.4) is 0 Å². The normalized spacial score (nSPS) is 10.4. The molecule has 0 saturated carbocycles. The number of nitrogens with one attached hydrogen (secondary N) is 1. The maximum atomic E-state index is 12.9. The van der Waals surface area contributed by atoms with Crippen LogP contribution < -0.4 is 10.2 Å². The molecule has 0 bridgehead atoms. The molecule has 0 aliphatic heterocycles. The highest BCUT2D eigenvalue weighted by molar-refractivity contribution is 6.35. The Labute approximate surface area is 155 Å². The summed E-state index contributed by atoms with van der Waals surface area (Å²) in [5, 5.41) is 3.59. The van der Waals surface area contributed by atoms with Gasteiger partial charge in [0.15, 0.2) is 0 Å². The zero-order chi connectivity index (χ0) is 18.4. The summed E-state index contributed by atoms with van der Waals surface area (Å²) < 4.78 is 12.9. The number of hydrogen-bond acceptors (Lipinski definition) is 2. The maximum Gasteiger partial charge on any atom is 0.224 e. The molecule has 0 radical (unpaired) electrons. The summed E-state index contributed by atoms with van der Waals surface area (Å²) in [5.74, 6) is -0.744. The SMILES string of the molecule is CC(=O)N(CCNC(=O)Cc1ccc(F)cc1)c1cc(Cl)cc(Cl)c1. The molecule has 25 heavy (non-hydrogen) atoms. The van der Waals surface area contributed by atoms with Gasteiger partial charge < -0.3 is 10.2 Å². The largest absolute Gasteiger partial charge is 0.354 e. The highest BCUT2D eigenvalue weighted by Crippen LogP contribution is 2.25.